The van der Waals surface area contributed by atoms with Gasteiger partial charge in [0.1, 0.15) is 5.69 Å². The Morgan fingerprint density at radius 3 is 2.35 bits per heavy atom. The molecule has 3 aromatic rings. The van der Waals surface area contributed by atoms with Crippen molar-refractivity contribution in [2.75, 3.05) is 10.1 Å². The Bertz CT molecular complexity index is 1260. The number of sulfonamides is 1. The van der Waals surface area contributed by atoms with E-state index in [-0.39, 0.29) is 16.3 Å². The zero-order chi connectivity index (χ0) is 22.6. The summed E-state index contributed by atoms with van der Waals surface area (Å²) in [6, 6.07) is 16.5. The lowest BCUT2D eigenvalue weighted by Gasteiger charge is -2.10. The van der Waals surface area contributed by atoms with Crippen LogP contribution in [0.15, 0.2) is 76.7 Å². The molecular weight excluding hydrogens is 463 g/mol. The van der Waals surface area contributed by atoms with E-state index in [1.54, 1.807) is 31.2 Å². The quantitative estimate of drug-likeness (QED) is 0.263. The van der Waals surface area contributed by atoms with Gasteiger partial charge in [0, 0.05) is 27.4 Å². The maximum absolute atomic E-state index is 12.6. The molecule has 0 amide bonds. The van der Waals surface area contributed by atoms with Crippen molar-refractivity contribution in [2.45, 2.75) is 11.8 Å². The molecule has 0 saturated heterocycles. The Morgan fingerprint density at radius 1 is 1.03 bits per heavy atom. The fraction of sp³-hybridized carbons (Fsp3) is 0.0500. The summed E-state index contributed by atoms with van der Waals surface area (Å²) >= 11 is 11.9. The van der Waals surface area contributed by atoms with Crippen LogP contribution in [0.25, 0.3) is 0 Å². The van der Waals surface area contributed by atoms with Gasteiger partial charge in [-0.2, -0.15) is 5.10 Å². The number of anilines is 2. The lowest BCUT2D eigenvalue weighted by atomic mass is 10.1. The monoisotopic (exact) mass is 478 g/mol. The smallest absolute Gasteiger partial charge is 0.280 e. The first-order valence-corrected chi connectivity index (χ1v) is 11.0. The summed E-state index contributed by atoms with van der Waals surface area (Å²) in [6.45, 7) is 1.69. The minimum Gasteiger partial charge on any atom is -0.280 e. The average molecular weight is 479 g/mol. The number of hydrogen-bond acceptors (Lipinski definition) is 6. The minimum atomic E-state index is -4.06. The van der Waals surface area contributed by atoms with Crippen molar-refractivity contribution >= 4 is 56.0 Å². The molecule has 11 heteroatoms. The highest BCUT2D eigenvalue weighted by Gasteiger charge is 2.22. The summed E-state index contributed by atoms with van der Waals surface area (Å²) < 4.78 is 27.6. The van der Waals surface area contributed by atoms with Gasteiger partial charge < -0.3 is 0 Å². The van der Waals surface area contributed by atoms with Crippen LogP contribution in [0.2, 0.25) is 10.0 Å². The van der Waals surface area contributed by atoms with Crippen LogP contribution in [-0.2, 0) is 10.0 Å². The lowest BCUT2D eigenvalue weighted by molar-refractivity contribution is -0.384. The van der Waals surface area contributed by atoms with Gasteiger partial charge in [0.25, 0.3) is 15.7 Å². The van der Waals surface area contributed by atoms with Crippen LogP contribution in [-0.4, -0.2) is 19.1 Å². The van der Waals surface area contributed by atoms with Gasteiger partial charge in [0.2, 0.25) is 0 Å². The number of halogens is 2. The topological polar surface area (TPSA) is 114 Å². The predicted octanol–water partition coefficient (Wildman–Crippen LogP) is 5.54. The van der Waals surface area contributed by atoms with Gasteiger partial charge in [0.05, 0.1) is 15.5 Å². The molecular formula is C20H16Cl2N4O4S. The van der Waals surface area contributed by atoms with Gasteiger partial charge in [-0.1, -0.05) is 41.4 Å². The number of benzene rings is 3. The number of nitrogens with zero attached hydrogens (tertiary/aromatic N) is 2. The third-order valence-corrected chi connectivity index (χ3v) is 6.14. The van der Waals surface area contributed by atoms with Crippen LogP contribution >= 0.6 is 23.2 Å². The summed E-state index contributed by atoms with van der Waals surface area (Å²) in [7, 11) is -4.06. The van der Waals surface area contributed by atoms with E-state index in [1.807, 2.05) is 0 Å². The van der Waals surface area contributed by atoms with Crippen LogP contribution in [0.5, 0.6) is 0 Å². The van der Waals surface area contributed by atoms with Gasteiger partial charge in [-0.15, -0.1) is 0 Å². The molecule has 0 aliphatic rings. The normalized spacial score (nSPS) is 11.8. The Morgan fingerprint density at radius 2 is 1.71 bits per heavy atom. The van der Waals surface area contributed by atoms with E-state index >= 15 is 0 Å². The Kier molecular flexibility index (Phi) is 6.79. The first kappa shape index (κ1) is 22.5. The molecule has 3 aromatic carbocycles. The highest BCUT2D eigenvalue weighted by atomic mass is 35.5. The fourth-order valence-corrected chi connectivity index (χ4v) is 4.09. The molecule has 160 valence electrons. The third kappa shape index (κ3) is 5.52. The van der Waals surface area contributed by atoms with E-state index in [0.717, 1.165) is 6.07 Å². The van der Waals surface area contributed by atoms with Gasteiger partial charge in [0.15, 0.2) is 0 Å². The van der Waals surface area contributed by atoms with E-state index in [0.29, 0.717) is 21.3 Å². The van der Waals surface area contributed by atoms with Crippen LogP contribution in [0, 0.1) is 10.1 Å². The van der Waals surface area contributed by atoms with Crippen molar-refractivity contribution in [1.82, 2.24) is 0 Å². The van der Waals surface area contributed by atoms with E-state index in [9.17, 15) is 18.5 Å². The highest BCUT2D eigenvalue weighted by Crippen LogP contribution is 2.29. The van der Waals surface area contributed by atoms with Crippen LogP contribution in [0.1, 0.15) is 12.5 Å². The SMILES string of the molecule is CC(=NNc1ccc(S(=O)(=O)Nc2ccc(Cl)cc2)cc1[N+](=O)[O-])c1ccccc1Cl. The van der Waals surface area contributed by atoms with E-state index < -0.39 is 20.6 Å². The van der Waals surface area contributed by atoms with Gasteiger partial charge in [-0.25, -0.2) is 8.42 Å². The summed E-state index contributed by atoms with van der Waals surface area (Å²) in [6.07, 6.45) is 0. The predicted molar refractivity (Wildman–Crippen MR) is 123 cm³/mol. The first-order chi connectivity index (χ1) is 14.7. The standard InChI is InChI=1S/C20H16Cl2N4O4S/c1-13(17-4-2-3-5-18(17)22)23-24-19-11-10-16(12-20(19)26(27)28)31(29,30)25-15-8-6-14(21)7-9-15/h2-12,24-25H,1H3. The lowest BCUT2D eigenvalue weighted by Crippen LogP contribution is -2.13. The maximum atomic E-state index is 12.6. The second-order valence-electron chi connectivity index (χ2n) is 6.34. The number of nitro groups is 1. The Hall–Kier alpha value is -3.14. The zero-order valence-corrected chi connectivity index (χ0v) is 18.4. The molecule has 0 aliphatic heterocycles. The number of hydrazone groups is 1. The van der Waals surface area contributed by atoms with E-state index in [1.165, 1.54) is 36.4 Å². The summed E-state index contributed by atoms with van der Waals surface area (Å²) in [5, 5.41) is 16.6. The second-order valence-corrected chi connectivity index (χ2v) is 8.86. The van der Waals surface area contributed by atoms with Gasteiger partial charge >= 0.3 is 0 Å². The minimum absolute atomic E-state index is 0.0295. The molecule has 8 nitrogen and oxygen atoms in total. The molecule has 0 radical (unpaired) electrons. The molecule has 0 aliphatic carbocycles. The van der Waals surface area contributed by atoms with Crippen LogP contribution in [0.3, 0.4) is 0 Å². The fourth-order valence-electron chi connectivity index (χ4n) is 2.62. The van der Waals surface area contributed by atoms with Crippen molar-refractivity contribution in [3.05, 3.63) is 92.5 Å². The van der Waals surface area contributed by atoms with Crippen molar-refractivity contribution in [2.24, 2.45) is 5.10 Å². The van der Waals surface area contributed by atoms with Gasteiger partial charge in [-0.3, -0.25) is 20.3 Å². The molecule has 0 fully saturated rings. The molecule has 0 heterocycles. The number of nitro benzene ring substituents is 1. The van der Waals surface area contributed by atoms with Crippen molar-refractivity contribution in [3.63, 3.8) is 0 Å². The largest absolute Gasteiger partial charge is 0.295 e. The molecule has 0 bridgehead atoms. The third-order valence-electron chi connectivity index (χ3n) is 4.18. The molecule has 0 unspecified atom stereocenters. The summed E-state index contributed by atoms with van der Waals surface area (Å²) in [5.41, 5.74) is 3.62. The molecule has 0 saturated carbocycles. The summed E-state index contributed by atoms with van der Waals surface area (Å²) in [5.74, 6) is 0. The van der Waals surface area contributed by atoms with Crippen LogP contribution in [0.4, 0.5) is 17.1 Å². The van der Waals surface area contributed by atoms with Crippen molar-refractivity contribution in [3.8, 4) is 0 Å². The van der Waals surface area contributed by atoms with Crippen molar-refractivity contribution < 1.29 is 13.3 Å². The second kappa shape index (κ2) is 9.34. The highest BCUT2D eigenvalue weighted by molar-refractivity contribution is 7.92. The zero-order valence-electron chi connectivity index (χ0n) is 16.0. The number of hydrogen-bond donors (Lipinski definition) is 2. The first-order valence-electron chi connectivity index (χ1n) is 8.79. The summed E-state index contributed by atoms with van der Waals surface area (Å²) in [4.78, 5) is 10.6. The van der Waals surface area contributed by atoms with E-state index in [2.05, 4.69) is 15.2 Å². The Labute approximate surface area is 188 Å². The molecule has 0 atom stereocenters. The average Bonchev–Trinajstić information content (AvgIpc) is 2.73. The van der Waals surface area contributed by atoms with Crippen molar-refractivity contribution in [1.29, 1.82) is 0 Å². The molecule has 2 N–H and O–H groups in total. The van der Waals surface area contributed by atoms with Gasteiger partial charge in [-0.05, 0) is 49.4 Å². The maximum Gasteiger partial charge on any atom is 0.295 e. The van der Waals surface area contributed by atoms with E-state index in [4.69, 9.17) is 23.2 Å². The molecule has 0 aromatic heterocycles. The number of rotatable bonds is 7. The molecule has 3 rings (SSSR count). The molecule has 0 spiro atoms. The molecule has 31 heavy (non-hydrogen) atoms. The Balaban J connectivity index is 1.89. The number of nitrogens with one attached hydrogen (secondary N) is 2. The van der Waals surface area contributed by atoms with Crippen LogP contribution < -0.4 is 10.1 Å².